The van der Waals surface area contributed by atoms with Crippen molar-refractivity contribution in [2.24, 2.45) is 10.2 Å². The van der Waals surface area contributed by atoms with Crippen LogP contribution in [0.5, 0.6) is 0 Å². The number of benzene rings is 2. The molecule has 0 saturated heterocycles. The van der Waals surface area contributed by atoms with Crippen LogP contribution < -0.4 is 5.32 Å². The van der Waals surface area contributed by atoms with Crippen LogP contribution in [0.15, 0.2) is 75.3 Å². The fourth-order valence-electron chi connectivity index (χ4n) is 2.46. The number of azo groups is 1. The molecule has 1 heterocycles. The minimum absolute atomic E-state index is 0.318. The number of nitrogens with one attached hydrogen (secondary N) is 1. The van der Waals surface area contributed by atoms with Crippen molar-refractivity contribution in [2.45, 2.75) is 13.8 Å². The molecule has 7 heteroatoms. The Labute approximate surface area is 162 Å². The molecule has 0 fully saturated rings. The summed E-state index contributed by atoms with van der Waals surface area (Å²) in [6.07, 6.45) is 0. The summed E-state index contributed by atoms with van der Waals surface area (Å²) in [6.45, 7) is 3.01. The van der Waals surface area contributed by atoms with E-state index < -0.39 is 18.5 Å². The van der Waals surface area contributed by atoms with Crippen molar-refractivity contribution in [3.63, 3.8) is 0 Å². The lowest BCUT2D eigenvalue weighted by atomic mass is 10.2. The number of esters is 1. The zero-order valence-corrected chi connectivity index (χ0v) is 15.5. The van der Waals surface area contributed by atoms with Gasteiger partial charge >= 0.3 is 5.97 Å². The molecule has 0 aliphatic carbocycles. The quantitative estimate of drug-likeness (QED) is 0.477. The Morgan fingerprint density at radius 3 is 2.21 bits per heavy atom. The SMILES string of the molecule is Cc1cc(C(=O)OCC(=O)Nc2ccc(N=Nc3ccccc3)cc2)c(C)o1. The Balaban J connectivity index is 1.51. The maximum Gasteiger partial charge on any atom is 0.342 e. The van der Waals surface area contributed by atoms with Gasteiger partial charge in [-0.25, -0.2) is 4.79 Å². The second-order valence-corrected chi connectivity index (χ2v) is 6.03. The monoisotopic (exact) mass is 377 g/mol. The van der Waals surface area contributed by atoms with Crippen molar-refractivity contribution in [3.8, 4) is 0 Å². The Hall–Kier alpha value is -3.74. The van der Waals surface area contributed by atoms with E-state index in [0.29, 0.717) is 28.5 Å². The standard InChI is InChI=1S/C21H19N3O4/c1-14-12-19(15(2)28-14)21(26)27-13-20(25)22-16-8-10-18(11-9-16)24-23-17-6-4-3-5-7-17/h3-12H,13H2,1-2H3,(H,22,25). The smallest absolute Gasteiger partial charge is 0.342 e. The number of aryl methyl sites for hydroxylation is 2. The van der Waals surface area contributed by atoms with Gasteiger partial charge in [0.25, 0.3) is 5.91 Å². The number of hydrogen-bond acceptors (Lipinski definition) is 6. The summed E-state index contributed by atoms with van der Waals surface area (Å²) in [4.78, 5) is 24.0. The molecular weight excluding hydrogens is 358 g/mol. The van der Waals surface area contributed by atoms with Crippen LogP contribution in [0.4, 0.5) is 17.1 Å². The number of amides is 1. The van der Waals surface area contributed by atoms with Crippen LogP contribution in [0.1, 0.15) is 21.9 Å². The first-order chi connectivity index (χ1) is 13.5. The van der Waals surface area contributed by atoms with Crippen LogP contribution in [0.3, 0.4) is 0 Å². The van der Waals surface area contributed by atoms with Gasteiger partial charge in [-0.15, -0.1) is 0 Å². The second kappa shape index (κ2) is 8.77. The summed E-state index contributed by atoms with van der Waals surface area (Å²) < 4.78 is 10.3. The predicted octanol–water partition coefficient (Wildman–Crippen LogP) is 5.11. The maximum absolute atomic E-state index is 12.0. The number of carbonyl (C=O) groups is 2. The first kappa shape index (κ1) is 19.0. The van der Waals surface area contributed by atoms with Crippen LogP contribution in [0, 0.1) is 13.8 Å². The van der Waals surface area contributed by atoms with Crippen LogP contribution in [-0.4, -0.2) is 18.5 Å². The third-order valence-electron chi connectivity index (χ3n) is 3.78. The third kappa shape index (κ3) is 5.14. The van der Waals surface area contributed by atoms with E-state index in [1.54, 1.807) is 44.2 Å². The maximum atomic E-state index is 12.0. The molecule has 0 aliphatic rings. The minimum atomic E-state index is -0.596. The van der Waals surface area contributed by atoms with Crippen molar-refractivity contribution in [2.75, 3.05) is 11.9 Å². The van der Waals surface area contributed by atoms with E-state index in [2.05, 4.69) is 15.5 Å². The number of hydrogen-bond donors (Lipinski definition) is 1. The highest BCUT2D eigenvalue weighted by Gasteiger charge is 2.16. The molecule has 0 radical (unpaired) electrons. The topological polar surface area (TPSA) is 93.3 Å². The largest absolute Gasteiger partial charge is 0.466 e. The van der Waals surface area contributed by atoms with E-state index in [1.807, 2.05) is 30.3 Å². The Morgan fingerprint density at radius 2 is 1.61 bits per heavy atom. The summed E-state index contributed by atoms with van der Waals surface area (Å²) in [5.41, 5.74) is 2.29. The summed E-state index contributed by atoms with van der Waals surface area (Å²) in [7, 11) is 0. The number of ether oxygens (including phenoxy) is 1. The average molecular weight is 377 g/mol. The highest BCUT2D eigenvalue weighted by molar-refractivity contribution is 5.96. The van der Waals surface area contributed by atoms with Crippen LogP contribution in [0.25, 0.3) is 0 Å². The van der Waals surface area contributed by atoms with Gasteiger partial charge < -0.3 is 14.5 Å². The second-order valence-electron chi connectivity index (χ2n) is 6.03. The van der Waals surface area contributed by atoms with Crippen LogP contribution in [-0.2, 0) is 9.53 Å². The molecule has 28 heavy (non-hydrogen) atoms. The number of carbonyl (C=O) groups excluding carboxylic acids is 2. The summed E-state index contributed by atoms with van der Waals surface area (Å²) >= 11 is 0. The van der Waals surface area contributed by atoms with E-state index in [4.69, 9.17) is 9.15 Å². The molecule has 1 aromatic heterocycles. The van der Waals surface area contributed by atoms with Gasteiger partial charge in [-0.3, -0.25) is 4.79 Å². The lowest BCUT2D eigenvalue weighted by Crippen LogP contribution is -2.20. The summed E-state index contributed by atoms with van der Waals surface area (Å²) in [6, 6.07) is 17.8. The van der Waals surface area contributed by atoms with Crippen molar-refractivity contribution >= 4 is 28.9 Å². The lowest BCUT2D eigenvalue weighted by molar-refractivity contribution is -0.119. The molecule has 7 nitrogen and oxygen atoms in total. The molecule has 1 amide bonds. The number of nitrogens with zero attached hydrogens (tertiary/aromatic N) is 2. The predicted molar refractivity (Wildman–Crippen MR) is 104 cm³/mol. The Morgan fingerprint density at radius 1 is 0.964 bits per heavy atom. The van der Waals surface area contributed by atoms with Gasteiger partial charge in [0.2, 0.25) is 0 Å². The number of anilines is 1. The third-order valence-corrected chi connectivity index (χ3v) is 3.78. The first-order valence-corrected chi connectivity index (χ1v) is 8.62. The molecule has 0 atom stereocenters. The zero-order chi connectivity index (χ0) is 19.9. The van der Waals surface area contributed by atoms with Crippen molar-refractivity contribution in [1.82, 2.24) is 0 Å². The van der Waals surface area contributed by atoms with Crippen LogP contribution >= 0.6 is 0 Å². The van der Waals surface area contributed by atoms with Crippen molar-refractivity contribution in [3.05, 3.63) is 77.7 Å². The average Bonchev–Trinajstić information content (AvgIpc) is 3.04. The summed E-state index contributed by atoms with van der Waals surface area (Å²) in [5.74, 6) is 0.0348. The molecular formula is C21H19N3O4. The highest BCUT2D eigenvalue weighted by Crippen LogP contribution is 2.20. The molecule has 0 saturated carbocycles. The molecule has 142 valence electrons. The normalized spacial score (nSPS) is 10.8. The van der Waals surface area contributed by atoms with Gasteiger partial charge in [-0.1, -0.05) is 18.2 Å². The summed E-state index contributed by atoms with van der Waals surface area (Å²) in [5, 5.41) is 10.9. The minimum Gasteiger partial charge on any atom is -0.466 e. The number of rotatable bonds is 6. The highest BCUT2D eigenvalue weighted by atomic mass is 16.5. The molecule has 0 spiro atoms. The Bertz CT molecular complexity index is 992. The Kier molecular flexibility index (Phi) is 5.96. The van der Waals surface area contributed by atoms with E-state index in [-0.39, 0.29) is 0 Å². The van der Waals surface area contributed by atoms with E-state index >= 15 is 0 Å². The van der Waals surface area contributed by atoms with Crippen molar-refractivity contribution < 1.29 is 18.7 Å². The van der Waals surface area contributed by atoms with Gasteiger partial charge in [0.05, 0.1) is 11.4 Å². The number of furan rings is 1. The van der Waals surface area contributed by atoms with E-state index in [1.165, 1.54) is 0 Å². The molecule has 0 bridgehead atoms. The molecule has 0 aliphatic heterocycles. The molecule has 3 rings (SSSR count). The molecule has 1 N–H and O–H groups in total. The fraction of sp³-hybridized carbons (Fsp3) is 0.143. The van der Waals surface area contributed by atoms with Gasteiger partial charge in [0.1, 0.15) is 17.1 Å². The zero-order valence-electron chi connectivity index (χ0n) is 15.5. The van der Waals surface area contributed by atoms with Gasteiger partial charge in [-0.2, -0.15) is 10.2 Å². The van der Waals surface area contributed by atoms with Crippen LogP contribution in [0.2, 0.25) is 0 Å². The van der Waals surface area contributed by atoms with E-state index in [0.717, 1.165) is 5.69 Å². The van der Waals surface area contributed by atoms with Gasteiger partial charge in [0, 0.05) is 5.69 Å². The van der Waals surface area contributed by atoms with Gasteiger partial charge in [0.15, 0.2) is 6.61 Å². The fourth-order valence-corrected chi connectivity index (χ4v) is 2.46. The van der Waals surface area contributed by atoms with Gasteiger partial charge in [-0.05, 0) is 56.3 Å². The lowest BCUT2D eigenvalue weighted by Gasteiger charge is -2.06. The van der Waals surface area contributed by atoms with Crippen molar-refractivity contribution in [1.29, 1.82) is 0 Å². The molecule has 3 aromatic rings. The molecule has 2 aromatic carbocycles. The van der Waals surface area contributed by atoms with E-state index in [9.17, 15) is 9.59 Å². The molecule has 0 unspecified atom stereocenters. The first-order valence-electron chi connectivity index (χ1n) is 8.62.